The number of amides is 1. The minimum absolute atomic E-state index is 0.0134. The Morgan fingerprint density at radius 1 is 1.33 bits per heavy atom. The summed E-state index contributed by atoms with van der Waals surface area (Å²) in [4.78, 5) is 36.3. The van der Waals surface area contributed by atoms with Gasteiger partial charge in [-0.1, -0.05) is 20.8 Å². The molecule has 0 aliphatic rings. The lowest BCUT2D eigenvalue weighted by atomic mass is 9.87. The Kier molecular flexibility index (Phi) is 5.12. The van der Waals surface area contributed by atoms with Crippen LogP contribution in [-0.2, 0) is 4.79 Å². The molecule has 0 saturated heterocycles. The van der Waals surface area contributed by atoms with Gasteiger partial charge in [0.05, 0.1) is 12.0 Å². The van der Waals surface area contributed by atoms with E-state index in [9.17, 15) is 19.5 Å². The van der Waals surface area contributed by atoms with Gasteiger partial charge in [0.2, 0.25) is 0 Å². The van der Waals surface area contributed by atoms with E-state index in [1.165, 1.54) is 0 Å². The van der Waals surface area contributed by atoms with Gasteiger partial charge in [-0.25, -0.2) is 0 Å². The summed E-state index contributed by atoms with van der Waals surface area (Å²) in [5.74, 6) is -2.02. The normalized spacial score (nSPS) is 12.7. The Labute approximate surface area is 122 Å². The van der Waals surface area contributed by atoms with Crippen LogP contribution < -0.4 is 10.9 Å². The second kappa shape index (κ2) is 6.43. The van der Waals surface area contributed by atoms with Gasteiger partial charge in [0.1, 0.15) is 0 Å². The summed E-state index contributed by atoms with van der Waals surface area (Å²) in [7, 11) is 0. The van der Waals surface area contributed by atoms with Crippen molar-refractivity contribution in [2.24, 2.45) is 5.41 Å². The summed E-state index contributed by atoms with van der Waals surface area (Å²) in [6.45, 7) is 5.81. The van der Waals surface area contributed by atoms with Crippen LogP contribution >= 0.6 is 0 Å². The number of carboxylic acids is 1. The molecular formula is C14H20N2O5. The fourth-order valence-corrected chi connectivity index (χ4v) is 2.05. The molecule has 1 rings (SSSR count). The van der Waals surface area contributed by atoms with Crippen molar-refractivity contribution in [3.63, 3.8) is 0 Å². The number of aliphatic carboxylic acids is 1. The van der Waals surface area contributed by atoms with E-state index in [4.69, 9.17) is 5.11 Å². The van der Waals surface area contributed by atoms with Crippen LogP contribution in [-0.4, -0.2) is 33.1 Å². The molecule has 0 fully saturated rings. The van der Waals surface area contributed by atoms with Gasteiger partial charge in [0.25, 0.3) is 11.5 Å². The monoisotopic (exact) mass is 296 g/mol. The van der Waals surface area contributed by atoms with E-state index in [0.717, 1.165) is 12.1 Å². The Morgan fingerprint density at radius 2 is 1.95 bits per heavy atom. The molecule has 21 heavy (non-hydrogen) atoms. The van der Waals surface area contributed by atoms with Gasteiger partial charge < -0.3 is 15.5 Å². The maximum Gasteiger partial charge on any atom is 0.305 e. The molecule has 0 radical (unpaired) electrons. The van der Waals surface area contributed by atoms with Crippen molar-refractivity contribution in [1.29, 1.82) is 0 Å². The first kappa shape index (κ1) is 16.7. The van der Waals surface area contributed by atoms with Crippen LogP contribution in [0.2, 0.25) is 0 Å². The lowest BCUT2D eigenvalue weighted by Crippen LogP contribution is -2.39. The average Bonchev–Trinajstić information content (AvgIpc) is 2.23. The number of aromatic nitrogens is 1. The summed E-state index contributed by atoms with van der Waals surface area (Å²) >= 11 is 0. The zero-order valence-electron chi connectivity index (χ0n) is 12.3. The SMILES string of the molecule is CC(C)(C)CC(CC(=O)O)NC(=O)c1cc(O)[nH]c(=O)c1. The van der Waals surface area contributed by atoms with Crippen molar-refractivity contribution in [2.45, 2.75) is 39.7 Å². The molecule has 0 saturated carbocycles. The van der Waals surface area contributed by atoms with Crippen molar-refractivity contribution >= 4 is 11.9 Å². The van der Waals surface area contributed by atoms with Gasteiger partial charge in [-0.2, -0.15) is 0 Å². The summed E-state index contributed by atoms with van der Waals surface area (Å²) in [6.07, 6.45) is 0.262. The van der Waals surface area contributed by atoms with E-state index in [1.807, 2.05) is 20.8 Å². The number of carbonyl (C=O) groups excluding carboxylic acids is 1. The van der Waals surface area contributed by atoms with E-state index in [2.05, 4.69) is 10.3 Å². The van der Waals surface area contributed by atoms with E-state index in [1.54, 1.807) is 0 Å². The number of hydrogen-bond acceptors (Lipinski definition) is 4. The van der Waals surface area contributed by atoms with Crippen LogP contribution in [0.4, 0.5) is 0 Å². The van der Waals surface area contributed by atoms with E-state index < -0.39 is 29.4 Å². The molecule has 0 spiro atoms. The van der Waals surface area contributed by atoms with Crippen LogP contribution in [0.3, 0.4) is 0 Å². The zero-order valence-corrected chi connectivity index (χ0v) is 12.3. The van der Waals surface area contributed by atoms with Gasteiger partial charge >= 0.3 is 5.97 Å². The van der Waals surface area contributed by atoms with Gasteiger partial charge in [0, 0.05) is 18.2 Å². The number of nitrogens with one attached hydrogen (secondary N) is 2. The average molecular weight is 296 g/mol. The quantitative estimate of drug-likeness (QED) is 0.648. The van der Waals surface area contributed by atoms with E-state index in [-0.39, 0.29) is 17.4 Å². The number of pyridine rings is 1. The van der Waals surface area contributed by atoms with Crippen LogP contribution in [0.15, 0.2) is 16.9 Å². The van der Waals surface area contributed by atoms with Crippen molar-refractivity contribution < 1.29 is 19.8 Å². The highest BCUT2D eigenvalue weighted by atomic mass is 16.4. The van der Waals surface area contributed by atoms with Crippen LogP contribution in [0, 0.1) is 5.41 Å². The molecule has 7 nitrogen and oxygen atoms in total. The number of aromatic hydroxyl groups is 1. The molecule has 1 atom stereocenters. The van der Waals surface area contributed by atoms with Crippen molar-refractivity contribution in [1.82, 2.24) is 10.3 Å². The van der Waals surface area contributed by atoms with Gasteiger partial charge in [-0.05, 0) is 11.8 Å². The molecule has 1 heterocycles. The number of hydrogen-bond donors (Lipinski definition) is 4. The Balaban J connectivity index is 2.88. The maximum absolute atomic E-state index is 12.1. The molecule has 0 bridgehead atoms. The molecule has 0 aliphatic heterocycles. The molecule has 0 aliphatic carbocycles. The van der Waals surface area contributed by atoms with Gasteiger partial charge in [0.15, 0.2) is 5.88 Å². The second-order valence-corrected chi connectivity index (χ2v) is 6.15. The zero-order chi connectivity index (χ0) is 16.2. The van der Waals surface area contributed by atoms with Gasteiger partial charge in [-0.3, -0.25) is 19.4 Å². The minimum Gasteiger partial charge on any atom is -0.494 e. The maximum atomic E-state index is 12.1. The lowest BCUT2D eigenvalue weighted by molar-refractivity contribution is -0.137. The third kappa shape index (κ3) is 6.11. The summed E-state index contributed by atoms with van der Waals surface area (Å²) in [5, 5.41) is 20.8. The Bertz CT molecular complexity index is 586. The third-order valence-electron chi connectivity index (χ3n) is 2.71. The smallest absolute Gasteiger partial charge is 0.305 e. The minimum atomic E-state index is -1.02. The highest BCUT2D eigenvalue weighted by Gasteiger charge is 2.23. The van der Waals surface area contributed by atoms with Crippen molar-refractivity contribution in [2.75, 3.05) is 0 Å². The predicted octanol–water partition coefficient (Wildman–Crippen LogP) is 1.09. The second-order valence-electron chi connectivity index (χ2n) is 6.15. The molecule has 116 valence electrons. The van der Waals surface area contributed by atoms with Crippen molar-refractivity contribution in [3.05, 3.63) is 28.0 Å². The molecule has 1 unspecified atom stereocenters. The van der Waals surface area contributed by atoms with E-state index in [0.29, 0.717) is 6.42 Å². The predicted molar refractivity (Wildman–Crippen MR) is 76.3 cm³/mol. The first-order valence-electron chi connectivity index (χ1n) is 6.53. The van der Waals surface area contributed by atoms with Crippen molar-refractivity contribution in [3.8, 4) is 5.88 Å². The number of H-pyrrole nitrogens is 1. The number of carbonyl (C=O) groups is 2. The number of carboxylic acid groups (broad SMARTS) is 1. The topological polar surface area (TPSA) is 119 Å². The summed E-state index contributed by atoms with van der Waals surface area (Å²) in [6, 6.07) is 1.60. The molecule has 1 amide bonds. The van der Waals surface area contributed by atoms with Crippen LogP contribution in [0.5, 0.6) is 5.88 Å². The fraction of sp³-hybridized carbons (Fsp3) is 0.500. The number of rotatable bonds is 5. The molecule has 4 N–H and O–H groups in total. The standard InChI is InChI=1S/C14H20N2O5/c1-14(2,3)7-9(6-12(19)20)15-13(21)8-4-10(17)16-11(18)5-8/h4-5,9H,6-7H2,1-3H3,(H,15,21)(H,19,20)(H2,16,17,18). The lowest BCUT2D eigenvalue weighted by Gasteiger charge is -2.25. The molecule has 0 aromatic carbocycles. The fourth-order valence-electron chi connectivity index (χ4n) is 2.05. The third-order valence-corrected chi connectivity index (χ3v) is 2.71. The molecule has 1 aromatic heterocycles. The number of aromatic amines is 1. The highest BCUT2D eigenvalue weighted by molar-refractivity contribution is 5.94. The molecular weight excluding hydrogens is 276 g/mol. The van der Waals surface area contributed by atoms with E-state index >= 15 is 0 Å². The summed E-state index contributed by atoms with van der Waals surface area (Å²) < 4.78 is 0. The molecule has 7 heteroatoms. The van der Waals surface area contributed by atoms with Crippen LogP contribution in [0.1, 0.15) is 44.0 Å². The summed E-state index contributed by atoms with van der Waals surface area (Å²) in [5.41, 5.74) is -0.782. The highest BCUT2D eigenvalue weighted by Crippen LogP contribution is 2.22. The largest absolute Gasteiger partial charge is 0.494 e. The Morgan fingerprint density at radius 3 is 2.43 bits per heavy atom. The molecule has 1 aromatic rings. The first-order chi connectivity index (χ1) is 9.56. The van der Waals surface area contributed by atoms with Crippen LogP contribution in [0.25, 0.3) is 0 Å². The Hall–Kier alpha value is -2.31. The van der Waals surface area contributed by atoms with Gasteiger partial charge in [-0.15, -0.1) is 0 Å². The first-order valence-corrected chi connectivity index (χ1v) is 6.53.